The van der Waals surface area contributed by atoms with Gasteiger partial charge in [-0.1, -0.05) is 6.07 Å². The maximum absolute atomic E-state index is 11.3. The summed E-state index contributed by atoms with van der Waals surface area (Å²) in [4.78, 5) is 14.2. The Morgan fingerprint density at radius 1 is 1.22 bits per heavy atom. The van der Waals surface area contributed by atoms with Crippen LogP contribution in [0.4, 0.5) is 5.82 Å². The largest absolute Gasteiger partial charge is 0.382 e. The summed E-state index contributed by atoms with van der Waals surface area (Å²) in [7, 11) is 0. The zero-order chi connectivity index (χ0) is 16.6. The first-order valence-electron chi connectivity index (χ1n) is 6.73. The number of rotatable bonds is 3. The van der Waals surface area contributed by atoms with Crippen LogP contribution in [0.15, 0.2) is 35.5 Å². The summed E-state index contributed by atoms with van der Waals surface area (Å²) in [5, 5.41) is 0.917. The van der Waals surface area contributed by atoms with Crippen molar-refractivity contribution in [2.75, 3.05) is 5.73 Å². The van der Waals surface area contributed by atoms with Crippen molar-refractivity contribution < 1.29 is 8.76 Å². The molecule has 3 rings (SSSR count). The molecule has 0 fully saturated rings. The van der Waals surface area contributed by atoms with Crippen molar-refractivity contribution in [3.63, 3.8) is 0 Å². The van der Waals surface area contributed by atoms with E-state index in [-0.39, 0.29) is 0 Å². The van der Waals surface area contributed by atoms with Gasteiger partial charge in [-0.25, -0.2) is 19.2 Å². The molecule has 2 aromatic heterocycles. The molecule has 3 aromatic rings. The number of nitrogen functional groups attached to an aromatic ring is 1. The van der Waals surface area contributed by atoms with Crippen molar-refractivity contribution in [3.05, 3.63) is 41.2 Å². The Morgan fingerprint density at radius 2 is 2.00 bits per heavy atom. The lowest BCUT2D eigenvalue weighted by atomic mass is 10.1. The number of benzene rings is 1. The molecule has 0 saturated heterocycles. The number of thiazole rings is 1. The molecule has 1 aromatic carbocycles. The zero-order valence-electron chi connectivity index (χ0n) is 12.5. The van der Waals surface area contributed by atoms with Gasteiger partial charge in [0.15, 0.2) is 16.9 Å². The minimum absolute atomic E-state index is 0.319. The van der Waals surface area contributed by atoms with Crippen molar-refractivity contribution >= 4 is 28.2 Å². The molecule has 0 aliphatic carbocycles. The highest BCUT2D eigenvalue weighted by Gasteiger charge is 2.14. The van der Waals surface area contributed by atoms with Crippen molar-refractivity contribution in [1.82, 2.24) is 15.0 Å². The van der Waals surface area contributed by atoms with Gasteiger partial charge in [-0.2, -0.15) is 0 Å². The molecule has 23 heavy (non-hydrogen) atoms. The summed E-state index contributed by atoms with van der Waals surface area (Å²) < 4.78 is 20.6. The van der Waals surface area contributed by atoms with Crippen LogP contribution in [0.3, 0.4) is 0 Å². The Hall–Kier alpha value is -2.16. The molecule has 0 spiro atoms. The summed E-state index contributed by atoms with van der Waals surface area (Å²) in [5.74, 6) is 0.331. The number of aryl methyl sites for hydroxylation is 2. The van der Waals surface area contributed by atoms with Gasteiger partial charge in [0, 0.05) is 11.8 Å². The Kier molecular flexibility index (Phi) is 4.20. The molecule has 0 bridgehead atoms. The Labute approximate surface area is 139 Å². The Bertz CT molecular complexity index is 908. The highest BCUT2D eigenvalue weighted by molar-refractivity contribution is 7.79. The minimum atomic E-state index is -2.04. The van der Waals surface area contributed by atoms with Crippen LogP contribution in [0, 0.1) is 13.8 Å². The average Bonchev–Trinajstić information content (AvgIpc) is 2.94. The quantitative estimate of drug-likeness (QED) is 0.707. The summed E-state index contributed by atoms with van der Waals surface area (Å²) in [6.07, 6.45) is 3.29. The third-order valence-corrected chi connectivity index (χ3v) is 4.92. The van der Waals surface area contributed by atoms with E-state index in [9.17, 15) is 8.76 Å². The van der Waals surface area contributed by atoms with E-state index >= 15 is 0 Å². The third-order valence-electron chi connectivity index (χ3n) is 3.34. The van der Waals surface area contributed by atoms with E-state index in [1.54, 1.807) is 30.6 Å². The Morgan fingerprint density at radius 3 is 2.65 bits per heavy atom. The first-order valence-corrected chi connectivity index (χ1v) is 8.65. The molecule has 1 atom stereocenters. The van der Waals surface area contributed by atoms with Gasteiger partial charge in [-0.15, -0.1) is 11.3 Å². The summed E-state index contributed by atoms with van der Waals surface area (Å²) in [6, 6.07) is 5.05. The second kappa shape index (κ2) is 6.15. The zero-order valence-corrected chi connectivity index (χ0v) is 14.1. The number of aromatic nitrogens is 3. The van der Waals surface area contributed by atoms with E-state index in [1.807, 2.05) is 13.8 Å². The molecular formula is C15H14N4O2S2. The SMILES string of the molecule is Cc1ncc(-c2nc(-c3cc(S(=O)O)ccc3C)cnc2N)s1. The van der Waals surface area contributed by atoms with Crippen molar-refractivity contribution in [2.45, 2.75) is 18.7 Å². The van der Waals surface area contributed by atoms with Crippen LogP contribution in [0.5, 0.6) is 0 Å². The van der Waals surface area contributed by atoms with E-state index in [4.69, 9.17) is 5.73 Å². The first kappa shape index (κ1) is 15.7. The molecule has 118 valence electrons. The van der Waals surface area contributed by atoms with Crippen LogP contribution >= 0.6 is 11.3 Å². The van der Waals surface area contributed by atoms with E-state index in [0.717, 1.165) is 21.0 Å². The maximum Gasteiger partial charge on any atom is 0.186 e. The van der Waals surface area contributed by atoms with Gasteiger partial charge in [-0.05, 0) is 31.5 Å². The predicted octanol–water partition coefficient (Wildman–Crippen LogP) is 3.05. The number of nitrogens with two attached hydrogens (primary N) is 1. The van der Waals surface area contributed by atoms with E-state index < -0.39 is 11.1 Å². The Balaban J connectivity index is 2.15. The van der Waals surface area contributed by atoms with Gasteiger partial charge >= 0.3 is 0 Å². The van der Waals surface area contributed by atoms with Crippen LogP contribution in [-0.2, 0) is 11.1 Å². The van der Waals surface area contributed by atoms with Crippen LogP contribution in [-0.4, -0.2) is 23.7 Å². The standard InChI is InChI=1S/C15H14N4O2S2/c1-8-3-4-10(23(20)21)5-11(8)12-6-18-15(16)14(19-12)13-7-17-9(2)22-13/h3-7H,1-2H3,(H2,16,18)(H,20,21). The molecule has 0 saturated carbocycles. The van der Waals surface area contributed by atoms with Gasteiger partial charge in [0.1, 0.15) is 5.69 Å². The summed E-state index contributed by atoms with van der Waals surface area (Å²) >= 11 is -0.556. The molecule has 0 aliphatic heterocycles. The number of nitrogens with zero attached hydrogens (tertiary/aromatic N) is 3. The van der Waals surface area contributed by atoms with Crippen molar-refractivity contribution in [2.24, 2.45) is 0 Å². The second-order valence-corrected chi connectivity index (χ2v) is 7.16. The smallest absolute Gasteiger partial charge is 0.186 e. The third kappa shape index (κ3) is 3.14. The molecule has 6 nitrogen and oxygen atoms in total. The fraction of sp³-hybridized carbons (Fsp3) is 0.133. The van der Waals surface area contributed by atoms with Crippen LogP contribution in [0.1, 0.15) is 10.6 Å². The second-order valence-electron chi connectivity index (χ2n) is 4.96. The van der Waals surface area contributed by atoms with E-state index in [0.29, 0.717) is 22.1 Å². The predicted molar refractivity (Wildman–Crippen MR) is 91.5 cm³/mol. The van der Waals surface area contributed by atoms with E-state index in [2.05, 4.69) is 15.0 Å². The lowest BCUT2D eigenvalue weighted by Gasteiger charge is -2.09. The van der Waals surface area contributed by atoms with Crippen LogP contribution < -0.4 is 5.73 Å². The first-order chi connectivity index (χ1) is 11.0. The topological polar surface area (TPSA) is 102 Å². The molecule has 0 amide bonds. The molecule has 3 N–H and O–H groups in total. The minimum Gasteiger partial charge on any atom is -0.382 e. The summed E-state index contributed by atoms with van der Waals surface area (Å²) in [5.41, 5.74) is 8.80. The van der Waals surface area contributed by atoms with E-state index in [1.165, 1.54) is 11.3 Å². The molecule has 0 radical (unpaired) electrons. The highest BCUT2D eigenvalue weighted by atomic mass is 32.2. The van der Waals surface area contributed by atoms with Crippen molar-refractivity contribution in [3.8, 4) is 21.8 Å². The lowest BCUT2D eigenvalue weighted by Crippen LogP contribution is -1.99. The molecule has 1 unspecified atom stereocenters. The number of anilines is 1. The highest BCUT2D eigenvalue weighted by Crippen LogP contribution is 2.31. The van der Waals surface area contributed by atoms with Crippen LogP contribution in [0.2, 0.25) is 0 Å². The average molecular weight is 346 g/mol. The van der Waals surface area contributed by atoms with Gasteiger partial charge < -0.3 is 10.3 Å². The lowest BCUT2D eigenvalue weighted by molar-refractivity contribution is 0.564. The number of hydrogen-bond acceptors (Lipinski definition) is 6. The van der Waals surface area contributed by atoms with Gasteiger partial charge in [0.2, 0.25) is 0 Å². The fourth-order valence-electron chi connectivity index (χ4n) is 2.17. The monoisotopic (exact) mass is 346 g/mol. The normalized spacial score (nSPS) is 12.3. The van der Waals surface area contributed by atoms with Crippen molar-refractivity contribution in [1.29, 1.82) is 0 Å². The molecule has 2 heterocycles. The molecular weight excluding hydrogens is 332 g/mol. The summed E-state index contributed by atoms with van der Waals surface area (Å²) in [6.45, 7) is 3.82. The number of hydrogen-bond donors (Lipinski definition) is 2. The molecule has 0 aliphatic rings. The maximum atomic E-state index is 11.3. The van der Waals surface area contributed by atoms with Gasteiger partial charge in [0.25, 0.3) is 0 Å². The molecule has 8 heteroatoms. The van der Waals surface area contributed by atoms with Gasteiger partial charge in [0.05, 0.1) is 26.7 Å². The fourth-order valence-corrected chi connectivity index (χ4v) is 3.35. The van der Waals surface area contributed by atoms with Gasteiger partial charge in [-0.3, -0.25) is 0 Å². The van der Waals surface area contributed by atoms with Crippen LogP contribution in [0.25, 0.3) is 21.8 Å².